The lowest BCUT2D eigenvalue weighted by molar-refractivity contribution is 0.0216. The summed E-state index contributed by atoms with van der Waals surface area (Å²) in [5.74, 6) is -0.312. The van der Waals surface area contributed by atoms with Gasteiger partial charge >= 0.3 is 5.97 Å². The molecule has 2 heterocycles. The van der Waals surface area contributed by atoms with E-state index in [4.69, 9.17) is 4.74 Å². The number of ether oxygens (including phenoxy) is 1. The highest BCUT2D eigenvalue weighted by atomic mass is 32.1. The molecule has 0 aromatic carbocycles. The number of aromatic nitrogens is 2. The molecule has 0 bridgehead atoms. The second-order valence-electron chi connectivity index (χ2n) is 6.45. The van der Waals surface area contributed by atoms with Gasteiger partial charge in [-0.2, -0.15) is 0 Å². The van der Waals surface area contributed by atoms with E-state index >= 15 is 0 Å². The Balaban J connectivity index is 1.95. The van der Waals surface area contributed by atoms with E-state index in [-0.39, 0.29) is 23.7 Å². The summed E-state index contributed by atoms with van der Waals surface area (Å²) in [6.07, 6.45) is 6.90. The highest BCUT2D eigenvalue weighted by molar-refractivity contribution is 7.20. The molecule has 3 rings (SSSR count). The van der Waals surface area contributed by atoms with Crippen molar-refractivity contribution in [2.45, 2.75) is 65.0 Å². The fourth-order valence-corrected chi connectivity index (χ4v) is 4.11. The van der Waals surface area contributed by atoms with Crippen LogP contribution < -0.4 is 5.56 Å². The first-order chi connectivity index (χ1) is 11.0. The van der Waals surface area contributed by atoms with E-state index in [2.05, 4.69) is 4.98 Å². The molecule has 1 aliphatic rings. The Morgan fingerprint density at radius 3 is 2.70 bits per heavy atom. The smallest absolute Gasteiger partial charge is 0.348 e. The quantitative estimate of drug-likeness (QED) is 0.800. The highest BCUT2D eigenvalue weighted by Gasteiger charge is 2.24. The standard InChI is InChI=1S/C17H22N2O3S/c1-10(2)19-9-18-15-13(16(19)20)11(3)14(23-15)17(21)22-12-7-5-4-6-8-12/h9-10,12H,4-8H2,1-3H3. The van der Waals surface area contributed by atoms with Gasteiger partial charge in [0, 0.05) is 6.04 Å². The van der Waals surface area contributed by atoms with E-state index < -0.39 is 0 Å². The van der Waals surface area contributed by atoms with Gasteiger partial charge in [0.2, 0.25) is 0 Å². The Kier molecular flexibility index (Phi) is 4.53. The average Bonchev–Trinajstić information content (AvgIpc) is 2.86. The fraction of sp³-hybridized carbons (Fsp3) is 0.588. The van der Waals surface area contributed by atoms with E-state index in [0.29, 0.717) is 20.7 Å². The van der Waals surface area contributed by atoms with Gasteiger partial charge in [-0.15, -0.1) is 11.3 Å². The van der Waals surface area contributed by atoms with E-state index in [0.717, 1.165) is 25.7 Å². The molecule has 124 valence electrons. The van der Waals surface area contributed by atoms with Crippen molar-refractivity contribution in [3.63, 3.8) is 0 Å². The number of nitrogens with zero attached hydrogens (tertiary/aromatic N) is 2. The molecule has 0 atom stereocenters. The van der Waals surface area contributed by atoms with E-state index in [9.17, 15) is 9.59 Å². The van der Waals surface area contributed by atoms with Crippen LogP contribution in [0.15, 0.2) is 11.1 Å². The van der Waals surface area contributed by atoms with Crippen LogP contribution in [0.25, 0.3) is 10.2 Å². The lowest BCUT2D eigenvalue weighted by atomic mass is 9.98. The van der Waals surface area contributed by atoms with Crippen molar-refractivity contribution < 1.29 is 9.53 Å². The third kappa shape index (κ3) is 3.04. The van der Waals surface area contributed by atoms with Gasteiger partial charge in [0.25, 0.3) is 5.56 Å². The lowest BCUT2D eigenvalue weighted by Gasteiger charge is -2.21. The van der Waals surface area contributed by atoms with Crippen LogP contribution >= 0.6 is 11.3 Å². The van der Waals surface area contributed by atoms with Crippen molar-refractivity contribution in [3.05, 3.63) is 27.1 Å². The Hall–Kier alpha value is -1.69. The summed E-state index contributed by atoms with van der Waals surface area (Å²) in [4.78, 5) is 30.5. The molecule has 6 heteroatoms. The lowest BCUT2D eigenvalue weighted by Crippen LogP contribution is -2.22. The largest absolute Gasteiger partial charge is 0.458 e. The van der Waals surface area contributed by atoms with Crippen LogP contribution in [0.4, 0.5) is 0 Å². The number of hydrogen-bond acceptors (Lipinski definition) is 5. The van der Waals surface area contributed by atoms with E-state index in [1.165, 1.54) is 17.8 Å². The summed E-state index contributed by atoms with van der Waals surface area (Å²) in [5.41, 5.74) is 0.605. The summed E-state index contributed by atoms with van der Waals surface area (Å²) in [6.45, 7) is 5.69. The van der Waals surface area contributed by atoms with Crippen molar-refractivity contribution in [3.8, 4) is 0 Å². The normalized spacial score (nSPS) is 16.2. The number of rotatable bonds is 3. The number of fused-ring (bicyclic) bond motifs is 1. The number of esters is 1. The molecule has 0 unspecified atom stereocenters. The van der Waals surface area contributed by atoms with Crippen molar-refractivity contribution in [2.24, 2.45) is 0 Å². The minimum Gasteiger partial charge on any atom is -0.458 e. The molecule has 2 aromatic heterocycles. The second kappa shape index (κ2) is 6.43. The highest BCUT2D eigenvalue weighted by Crippen LogP contribution is 2.29. The minimum absolute atomic E-state index is 0.0149. The molecule has 0 saturated heterocycles. The minimum atomic E-state index is -0.312. The maximum atomic E-state index is 12.6. The van der Waals surface area contributed by atoms with Crippen LogP contribution in [0, 0.1) is 6.92 Å². The summed E-state index contributed by atoms with van der Waals surface area (Å²) < 4.78 is 7.24. The Labute approximate surface area is 139 Å². The summed E-state index contributed by atoms with van der Waals surface area (Å²) >= 11 is 1.26. The number of aryl methyl sites for hydroxylation is 1. The third-order valence-corrected chi connectivity index (χ3v) is 5.62. The monoisotopic (exact) mass is 334 g/mol. The second-order valence-corrected chi connectivity index (χ2v) is 7.45. The molecule has 0 amide bonds. The van der Waals surface area contributed by atoms with Gasteiger partial charge in [0.15, 0.2) is 0 Å². The van der Waals surface area contributed by atoms with Gasteiger partial charge in [-0.25, -0.2) is 9.78 Å². The number of carbonyl (C=O) groups is 1. The van der Waals surface area contributed by atoms with Crippen molar-refractivity contribution in [1.29, 1.82) is 0 Å². The van der Waals surface area contributed by atoms with E-state index in [1.807, 2.05) is 20.8 Å². The van der Waals surface area contributed by atoms with Gasteiger partial charge in [-0.3, -0.25) is 9.36 Å². The van der Waals surface area contributed by atoms with Crippen LogP contribution in [-0.2, 0) is 4.74 Å². The molecule has 0 aliphatic heterocycles. The zero-order chi connectivity index (χ0) is 16.6. The van der Waals surface area contributed by atoms with Gasteiger partial charge in [0.1, 0.15) is 15.8 Å². The Morgan fingerprint density at radius 2 is 2.04 bits per heavy atom. The van der Waals surface area contributed by atoms with Crippen molar-refractivity contribution >= 4 is 27.5 Å². The van der Waals surface area contributed by atoms with Crippen LogP contribution in [0.2, 0.25) is 0 Å². The average molecular weight is 334 g/mol. The van der Waals surface area contributed by atoms with Crippen LogP contribution in [0.3, 0.4) is 0 Å². The maximum Gasteiger partial charge on any atom is 0.348 e. The zero-order valence-electron chi connectivity index (χ0n) is 13.8. The molecule has 0 N–H and O–H groups in total. The van der Waals surface area contributed by atoms with E-state index in [1.54, 1.807) is 10.9 Å². The first kappa shape index (κ1) is 16.2. The van der Waals surface area contributed by atoms with Crippen LogP contribution in [0.5, 0.6) is 0 Å². The van der Waals surface area contributed by atoms with Gasteiger partial charge in [-0.05, 0) is 52.0 Å². The molecule has 1 saturated carbocycles. The predicted molar refractivity (Wildman–Crippen MR) is 91.3 cm³/mol. The SMILES string of the molecule is Cc1c(C(=O)OC2CCCCC2)sc2ncn(C(C)C)c(=O)c12. The molecule has 23 heavy (non-hydrogen) atoms. The van der Waals surface area contributed by atoms with Gasteiger partial charge in [-0.1, -0.05) is 6.42 Å². The topological polar surface area (TPSA) is 61.2 Å². The van der Waals surface area contributed by atoms with Crippen LogP contribution in [-0.4, -0.2) is 21.6 Å². The maximum absolute atomic E-state index is 12.6. The molecular formula is C17H22N2O3S. The van der Waals surface area contributed by atoms with Crippen LogP contribution in [0.1, 0.15) is 67.2 Å². The number of thiophene rings is 1. The Morgan fingerprint density at radius 1 is 1.35 bits per heavy atom. The molecule has 0 radical (unpaired) electrons. The first-order valence-electron chi connectivity index (χ1n) is 8.20. The molecular weight excluding hydrogens is 312 g/mol. The molecule has 1 fully saturated rings. The summed E-state index contributed by atoms with van der Waals surface area (Å²) in [5, 5.41) is 0.543. The number of carbonyl (C=O) groups excluding carboxylic acids is 1. The fourth-order valence-electron chi connectivity index (χ4n) is 3.09. The Bertz CT molecular complexity index is 785. The molecule has 2 aromatic rings. The van der Waals surface area contributed by atoms with Gasteiger partial charge in [0.05, 0.1) is 11.7 Å². The summed E-state index contributed by atoms with van der Waals surface area (Å²) in [6, 6.07) is 0.0383. The zero-order valence-corrected chi connectivity index (χ0v) is 14.6. The number of hydrogen-bond donors (Lipinski definition) is 0. The predicted octanol–water partition coefficient (Wildman–Crippen LogP) is 3.84. The summed E-state index contributed by atoms with van der Waals surface area (Å²) in [7, 11) is 0. The van der Waals surface area contributed by atoms with Crippen molar-refractivity contribution in [1.82, 2.24) is 9.55 Å². The third-order valence-electron chi connectivity index (χ3n) is 4.44. The molecule has 0 spiro atoms. The van der Waals surface area contributed by atoms with Crippen molar-refractivity contribution in [2.75, 3.05) is 0 Å². The molecule has 5 nitrogen and oxygen atoms in total. The first-order valence-corrected chi connectivity index (χ1v) is 9.02. The van der Waals surface area contributed by atoms with Gasteiger partial charge < -0.3 is 4.74 Å². The molecule has 1 aliphatic carbocycles.